The van der Waals surface area contributed by atoms with Gasteiger partial charge in [0.1, 0.15) is 9.84 Å². The minimum atomic E-state index is -2.85. The molecule has 0 amide bonds. The van der Waals surface area contributed by atoms with Crippen LogP contribution in [0, 0.1) is 5.92 Å². The van der Waals surface area contributed by atoms with Gasteiger partial charge in [0.15, 0.2) is 0 Å². The van der Waals surface area contributed by atoms with Gasteiger partial charge < -0.3 is 5.73 Å². The maximum Gasteiger partial charge on any atom is 0.150 e. The van der Waals surface area contributed by atoms with Crippen molar-refractivity contribution in [1.82, 2.24) is 0 Å². The Balaban J connectivity index is 2.49. The van der Waals surface area contributed by atoms with Crippen molar-refractivity contribution >= 4 is 9.84 Å². The predicted octanol–water partition coefficient (Wildman–Crippen LogP) is 1.49. The molecule has 2 unspecified atom stereocenters. The van der Waals surface area contributed by atoms with Crippen LogP contribution in [0.1, 0.15) is 32.1 Å². The fourth-order valence-corrected chi connectivity index (χ4v) is 3.32. The molecule has 1 saturated carbocycles. The molecule has 0 saturated heterocycles. The Morgan fingerprint density at radius 2 is 2.13 bits per heavy atom. The zero-order chi connectivity index (χ0) is 11.3. The number of hydrogen-bond acceptors (Lipinski definition) is 3. The zero-order valence-corrected chi connectivity index (χ0v) is 10.2. The summed E-state index contributed by atoms with van der Waals surface area (Å²) >= 11 is 0. The van der Waals surface area contributed by atoms with Crippen molar-refractivity contribution in [3.63, 3.8) is 0 Å². The molecule has 0 aromatic rings. The molecule has 88 valence electrons. The van der Waals surface area contributed by atoms with Crippen LogP contribution in [0.15, 0.2) is 12.2 Å². The third-order valence-electron chi connectivity index (χ3n) is 3.01. The molecule has 1 aliphatic rings. The Labute approximate surface area is 92.7 Å². The van der Waals surface area contributed by atoms with Crippen LogP contribution in [0.2, 0.25) is 0 Å². The van der Waals surface area contributed by atoms with E-state index < -0.39 is 9.84 Å². The summed E-state index contributed by atoms with van der Waals surface area (Å²) in [6.45, 7) is 0.665. The molecule has 1 aliphatic carbocycles. The molecule has 0 spiro atoms. The molecule has 4 heteroatoms. The number of sulfone groups is 1. The summed E-state index contributed by atoms with van der Waals surface area (Å²) in [6, 6.07) is 0. The highest BCUT2D eigenvalue weighted by Gasteiger charge is 2.27. The van der Waals surface area contributed by atoms with Crippen LogP contribution in [0.3, 0.4) is 0 Å². The smallest absolute Gasteiger partial charge is 0.150 e. The lowest BCUT2D eigenvalue weighted by molar-refractivity contribution is 0.414. The van der Waals surface area contributed by atoms with Crippen molar-refractivity contribution in [2.45, 2.75) is 37.4 Å². The molecule has 15 heavy (non-hydrogen) atoms. The largest absolute Gasteiger partial charge is 0.330 e. The maximum absolute atomic E-state index is 11.4. The van der Waals surface area contributed by atoms with E-state index in [1.165, 1.54) is 6.26 Å². The van der Waals surface area contributed by atoms with Gasteiger partial charge in [0.05, 0.1) is 5.25 Å². The Hall–Kier alpha value is -0.350. The van der Waals surface area contributed by atoms with Crippen molar-refractivity contribution in [2.24, 2.45) is 11.7 Å². The van der Waals surface area contributed by atoms with Crippen LogP contribution in [-0.2, 0) is 9.84 Å². The van der Waals surface area contributed by atoms with Gasteiger partial charge in [0.25, 0.3) is 0 Å². The molecule has 0 bridgehead atoms. The summed E-state index contributed by atoms with van der Waals surface area (Å²) in [4.78, 5) is 0. The molecule has 3 nitrogen and oxygen atoms in total. The van der Waals surface area contributed by atoms with Gasteiger partial charge in [0.2, 0.25) is 0 Å². The maximum atomic E-state index is 11.4. The van der Waals surface area contributed by atoms with Gasteiger partial charge in [-0.2, -0.15) is 0 Å². The second-order valence-electron chi connectivity index (χ2n) is 4.38. The highest BCUT2D eigenvalue weighted by molar-refractivity contribution is 7.91. The van der Waals surface area contributed by atoms with E-state index in [2.05, 4.69) is 12.2 Å². The summed E-state index contributed by atoms with van der Waals surface area (Å²) in [5, 5.41) is -0.126. The molecule has 2 N–H and O–H groups in total. The second-order valence-corrected chi connectivity index (χ2v) is 6.71. The monoisotopic (exact) mass is 231 g/mol. The van der Waals surface area contributed by atoms with Crippen molar-refractivity contribution in [1.29, 1.82) is 0 Å². The van der Waals surface area contributed by atoms with Gasteiger partial charge in [0, 0.05) is 6.26 Å². The average molecular weight is 231 g/mol. The van der Waals surface area contributed by atoms with Crippen LogP contribution < -0.4 is 5.73 Å². The number of nitrogens with two attached hydrogens (primary N) is 1. The topological polar surface area (TPSA) is 60.2 Å². The van der Waals surface area contributed by atoms with Crippen molar-refractivity contribution < 1.29 is 8.42 Å². The lowest BCUT2D eigenvalue weighted by Gasteiger charge is -2.25. The van der Waals surface area contributed by atoms with Crippen molar-refractivity contribution in [2.75, 3.05) is 12.8 Å². The lowest BCUT2D eigenvalue weighted by atomic mass is 9.88. The molecule has 0 aromatic carbocycles. The van der Waals surface area contributed by atoms with Gasteiger partial charge in [-0.25, -0.2) is 8.42 Å². The van der Waals surface area contributed by atoms with E-state index in [0.717, 1.165) is 32.1 Å². The molecule has 1 rings (SSSR count). The molecule has 2 atom stereocenters. The lowest BCUT2D eigenvalue weighted by Crippen LogP contribution is -2.26. The van der Waals surface area contributed by atoms with Gasteiger partial charge in [-0.05, 0) is 38.1 Å². The molecule has 0 radical (unpaired) electrons. The first-order valence-corrected chi connectivity index (χ1v) is 7.55. The first-order valence-electron chi connectivity index (χ1n) is 5.59. The van der Waals surface area contributed by atoms with Gasteiger partial charge in [-0.1, -0.05) is 18.6 Å². The van der Waals surface area contributed by atoms with Gasteiger partial charge >= 0.3 is 0 Å². The summed E-state index contributed by atoms with van der Waals surface area (Å²) in [5.41, 5.74) is 5.39. The van der Waals surface area contributed by atoms with Crippen LogP contribution in [-0.4, -0.2) is 26.5 Å². The molecular weight excluding hydrogens is 210 g/mol. The van der Waals surface area contributed by atoms with Crippen molar-refractivity contribution in [3.05, 3.63) is 12.2 Å². The summed E-state index contributed by atoms with van der Waals surface area (Å²) < 4.78 is 22.8. The first-order chi connectivity index (χ1) is 7.04. The Bertz CT molecular complexity index is 309. The van der Waals surface area contributed by atoms with E-state index >= 15 is 0 Å². The second kappa shape index (κ2) is 5.66. The van der Waals surface area contributed by atoms with Gasteiger partial charge in [-0.15, -0.1) is 0 Å². The quantitative estimate of drug-likeness (QED) is 0.746. The molecule has 0 heterocycles. The fraction of sp³-hybridized carbons (Fsp3) is 0.818. The Kier molecular flexibility index (Phi) is 4.80. The first kappa shape index (κ1) is 12.7. The molecule has 0 aliphatic heterocycles. The minimum absolute atomic E-state index is 0.126. The minimum Gasteiger partial charge on any atom is -0.330 e. The Morgan fingerprint density at radius 1 is 1.40 bits per heavy atom. The molecule has 0 aromatic heterocycles. The SMILES string of the molecule is CS(=O)(=O)C1CCCC(C=CCCN)C1. The van der Waals surface area contributed by atoms with Crippen molar-refractivity contribution in [3.8, 4) is 0 Å². The normalized spacial score (nSPS) is 28.4. The zero-order valence-electron chi connectivity index (χ0n) is 9.35. The van der Waals surface area contributed by atoms with Crippen LogP contribution >= 0.6 is 0 Å². The third-order valence-corrected chi connectivity index (χ3v) is 4.65. The summed E-state index contributed by atoms with van der Waals surface area (Å²) in [7, 11) is -2.85. The summed E-state index contributed by atoms with van der Waals surface area (Å²) in [5.74, 6) is 0.435. The standard InChI is InChI=1S/C11H21NO2S/c1-15(13,14)11-7-4-6-10(9-11)5-2-3-8-12/h2,5,10-11H,3-4,6-9,12H2,1H3. The Morgan fingerprint density at radius 3 is 2.73 bits per heavy atom. The van der Waals surface area contributed by atoms with E-state index in [1.54, 1.807) is 0 Å². The van der Waals surface area contributed by atoms with E-state index in [9.17, 15) is 8.42 Å². The van der Waals surface area contributed by atoms with E-state index in [0.29, 0.717) is 12.5 Å². The number of hydrogen-bond donors (Lipinski definition) is 1. The fourth-order valence-electron chi connectivity index (χ4n) is 2.13. The number of allylic oxidation sites excluding steroid dienone is 1. The summed E-state index contributed by atoms with van der Waals surface area (Å²) in [6.07, 6.45) is 10.2. The van der Waals surface area contributed by atoms with E-state index in [-0.39, 0.29) is 5.25 Å². The molecule has 1 fully saturated rings. The van der Waals surface area contributed by atoms with Crippen LogP contribution in [0.4, 0.5) is 0 Å². The third kappa shape index (κ3) is 4.34. The van der Waals surface area contributed by atoms with Crippen LogP contribution in [0.5, 0.6) is 0 Å². The highest BCUT2D eigenvalue weighted by atomic mass is 32.2. The molecular formula is C11H21NO2S. The highest BCUT2D eigenvalue weighted by Crippen LogP contribution is 2.29. The van der Waals surface area contributed by atoms with E-state index in [1.807, 2.05) is 0 Å². The average Bonchev–Trinajstić information content (AvgIpc) is 2.17. The van der Waals surface area contributed by atoms with Crippen LogP contribution in [0.25, 0.3) is 0 Å². The number of rotatable bonds is 4. The predicted molar refractivity (Wildman–Crippen MR) is 63.4 cm³/mol. The van der Waals surface area contributed by atoms with Gasteiger partial charge in [-0.3, -0.25) is 0 Å². The van der Waals surface area contributed by atoms with E-state index in [4.69, 9.17) is 5.73 Å².